The molecule has 2 rings (SSSR count). The number of hydrogen-bond donors (Lipinski definition) is 1. The maximum atomic E-state index is 5.53. The van der Waals surface area contributed by atoms with Crippen LogP contribution in [0.2, 0.25) is 0 Å². The third kappa shape index (κ3) is 2.93. The summed E-state index contributed by atoms with van der Waals surface area (Å²) in [5, 5.41) is 3.93. The van der Waals surface area contributed by atoms with Crippen LogP contribution in [0.25, 0.3) is 0 Å². The zero-order valence-electron chi connectivity index (χ0n) is 11.6. The van der Waals surface area contributed by atoms with E-state index in [2.05, 4.69) is 23.9 Å². The van der Waals surface area contributed by atoms with Gasteiger partial charge >= 0.3 is 0 Å². The van der Waals surface area contributed by atoms with Crippen LogP contribution in [0.15, 0.2) is 10.6 Å². The van der Waals surface area contributed by atoms with Gasteiger partial charge in [-0.25, -0.2) is 0 Å². The maximum Gasteiger partial charge on any atom is 0.151 e. The zero-order chi connectivity index (χ0) is 13.0. The van der Waals surface area contributed by atoms with Crippen LogP contribution in [0.3, 0.4) is 0 Å². The number of piperidine rings is 1. The molecule has 0 aromatic carbocycles. The van der Waals surface area contributed by atoms with Gasteiger partial charge in [0.1, 0.15) is 0 Å². The fourth-order valence-electron chi connectivity index (χ4n) is 2.89. The summed E-state index contributed by atoms with van der Waals surface area (Å²) in [7, 11) is 0. The molecule has 1 fully saturated rings. The van der Waals surface area contributed by atoms with Crippen LogP contribution < -0.4 is 5.73 Å². The highest BCUT2D eigenvalue weighted by Crippen LogP contribution is 2.38. The SMILES string of the molecule is CCC1(CC)CCN(Cc2cc(CN)no2)CC1. The molecule has 0 atom stereocenters. The van der Waals surface area contributed by atoms with E-state index < -0.39 is 0 Å². The molecule has 1 saturated heterocycles. The molecule has 0 amide bonds. The molecule has 18 heavy (non-hydrogen) atoms. The molecular weight excluding hydrogens is 226 g/mol. The van der Waals surface area contributed by atoms with E-state index in [1.54, 1.807) is 0 Å². The highest BCUT2D eigenvalue weighted by molar-refractivity contribution is 5.05. The Bertz CT molecular complexity index is 361. The number of nitrogens with two attached hydrogens (primary N) is 1. The van der Waals surface area contributed by atoms with Gasteiger partial charge in [0.15, 0.2) is 5.76 Å². The van der Waals surface area contributed by atoms with Gasteiger partial charge in [-0.1, -0.05) is 31.8 Å². The number of aromatic nitrogens is 1. The molecule has 1 aliphatic heterocycles. The molecule has 1 aliphatic rings. The van der Waals surface area contributed by atoms with Crippen molar-refractivity contribution in [2.24, 2.45) is 11.1 Å². The second-order valence-electron chi connectivity index (χ2n) is 5.47. The monoisotopic (exact) mass is 251 g/mol. The van der Waals surface area contributed by atoms with E-state index in [9.17, 15) is 0 Å². The Morgan fingerprint density at radius 2 is 2.00 bits per heavy atom. The molecule has 0 spiro atoms. The molecule has 1 aromatic rings. The van der Waals surface area contributed by atoms with E-state index >= 15 is 0 Å². The van der Waals surface area contributed by atoms with Gasteiger partial charge in [0.05, 0.1) is 12.2 Å². The Labute approximate surface area is 110 Å². The van der Waals surface area contributed by atoms with Gasteiger partial charge in [0.2, 0.25) is 0 Å². The fraction of sp³-hybridized carbons (Fsp3) is 0.786. The Morgan fingerprint density at radius 1 is 1.33 bits per heavy atom. The summed E-state index contributed by atoms with van der Waals surface area (Å²) in [4.78, 5) is 2.46. The summed E-state index contributed by atoms with van der Waals surface area (Å²) in [6.45, 7) is 8.31. The fourth-order valence-corrected chi connectivity index (χ4v) is 2.89. The van der Waals surface area contributed by atoms with Crippen molar-refractivity contribution in [2.75, 3.05) is 13.1 Å². The van der Waals surface area contributed by atoms with Crippen molar-refractivity contribution in [3.63, 3.8) is 0 Å². The van der Waals surface area contributed by atoms with Crippen molar-refractivity contribution >= 4 is 0 Å². The Balaban J connectivity index is 1.86. The molecule has 0 saturated carbocycles. The lowest BCUT2D eigenvalue weighted by atomic mass is 9.74. The van der Waals surface area contributed by atoms with Gasteiger partial charge in [0.25, 0.3) is 0 Å². The summed E-state index contributed by atoms with van der Waals surface area (Å²) in [5.74, 6) is 0.941. The van der Waals surface area contributed by atoms with Gasteiger partial charge in [-0.05, 0) is 31.3 Å². The largest absolute Gasteiger partial charge is 0.360 e. The van der Waals surface area contributed by atoms with Crippen molar-refractivity contribution in [1.82, 2.24) is 10.1 Å². The lowest BCUT2D eigenvalue weighted by Crippen LogP contribution is -2.39. The van der Waals surface area contributed by atoms with Crippen LogP contribution in [-0.4, -0.2) is 23.1 Å². The summed E-state index contributed by atoms with van der Waals surface area (Å²) >= 11 is 0. The summed E-state index contributed by atoms with van der Waals surface area (Å²) in [5.41, 5.74) is 6.96. The number of likely N-dealkylation sites (tertiary alicyclic amines) is 1. The predicted octanol–water partition coefficient (Wildman–Crippen LogP) is 2.54. The number of nitrogens with zero attached hydrogens (tertiary/aromatic N) is 2. The van der Waals surface area contributed by atoms with Crippen LogP contribution in [-0.2, 0) is 13.1 Å². The first-order valence-corrected chi connectivity index (χ1v) is 7.08. The molecule has 4 heteroatoms. The zero-order valence-corrected chi connectivity index (χ0v) is 11.6. The molecule has 2 heterocycles. The van der Waals surface area contributed by atoms with E-state index in [1.807, 2.05) is 6.07 Å². The van der Waals surface area contributed by atoms with E-state index in [0.717, 1.165) is 18.0 Å². The smallest absolute Gasteiger partial charge is 0.151 e. The van der Waals surface area contributed by atoms with Crippen LogP contribution in [0.4, 0.5) is 0 Å². The van der Waals surface area contributed by atoms with E-state index in [4.69, 9.17) is 10.3 Å². The topological polar surface area (TPSA) is 55.3 Å². The van der Waals surface area contributed by atoms with Gasteiger partial charge in [0, 0.05) is 12.6 Å². The highest BCUT2D eigenvalue weighted by atomic mass is 16.5. The second-order valence-corrected chi connectivity index (χ2v) is 5.47. The number of hydrogen-bond acceptors (Lipinski definition) is 4. The Kier molecular flexibility index (Phi) is 4.40. The summed E-state index contributed by atoms with van der Waals surface area (Å²) < 4.78 is 5.29. The van der Waals surface area contributed by atoms with E-state index in [0.29, 0.717) is 12.0 Å². The molecule has 1 aromatic heterocycles. The molecule has 0 unspecified atom stereocenters. The van der Waals surface area contributed by atoms with Crippen molar-refractivity contribution in [1.29, 1.82) is 0 Å². The minimum Gasteiger partial charge on any atom is -0.360 e. The van der Waals surface area contributed by atoms with Crippen molar-refractivity contribution in [3.05, 3.63) is 17.5 Å². The van der Waals surface area contributed by atoms with Gasteiger partial charge < -0.3 is 10.3 Å². The van der Waals surface area contributed by atoms with E-state index in [1.165, 1.54) is 38.8 Å². The Morgan fingerprint density at radius 3 is 2.50 bits per heavy atom. The average molecular weight is 251 g/mol. The normalized spacial score (nSPS) is 20.2. The molecule has 0 bridgehead atoms. The van der Waals surface area contributed by atoms with Crippen molar-refractivity contribution < 1.29 is 4.52 Å². The quantitative estimate of drug-likeness (QED) is 0.873. The van der Waals surface area contributed by atoms with Crippen LogP contribution >= 0.6 is 0 Å². The lowest BCUT2D eigenvalue weighted by Gasteiger charge is -2.40. The maximum absolute atomic E-state index is 5.53. The first-order chi connectivity index (χ1) is 8.71. The van der Waals surface area contributed by atoms with Crippen LogP contribution in [0.1, 0.15) is 51.0 Å². The third-order valence-corrected chi connectivity index (χ3v) is 4.61. The standard InChI is InChI=1S/C14H25N3O/c1-3-14(4-2)5-7-17(8-6-14)11-13-9-12(10-15)16-18-13/h9H,3-8,10-11,15H2,1-2H3. The van der Waals surface area contributed by atoms with Crippen LogP contribution in [0, 0.1) is 5.41 Å². The van der Waals surface area contributed by atoms with Gasteiger partial charge in [-0.15, -0.1) is 0 Å². The molecule has 0 radical (unpaired) electrons. The predicted molar refractivity (Wildman–Crippen MR) is 71.9 cm³/mol. The van der Waals surface area contributed by atoms with Crippen molar-refractivity contribution in [2.45, 2.75) is 52.6 Å². The molecule has 4 nitrogen and oxygen atoms in total. The summed E-state index contributed by atoms with van der Waals surface area (Å²) in [6.07, 6.45) is 5.21. The number of rotatable bonds is 5. The van der Waals surface area contributed by atoms with E-state index in [-0.39, 0.29) is 0 Å². The molecule has 102 valence electrons. The summed E-state index contributed by atoms with van der Waals surface area (Å²) in [6, 6.07) is 1.97. The first kappa shape index (κ1) is 13.6. The average Bonchev–Trinajstić information content (AvgIpc) is 2.88. The molecule has 2 N–H and O–H groups in total. The van der Waals surface area contributed by atoms with Crippen LogP contribution in [0.5, 0.6) is 0 Å². The van der Waals surface area contributed by atoms with Gasteiger partial charge in [-0.2, -0.15) is 0 Å². The minimum atomic E-state index is 0.457. The minimum absolute atomic E-state index is 0.457. The third-order valence-electron chi connectivity index (χ3n) is 4.61. The highest BCUT2D eigenvalue weighted by Gasteiger charge is 2.31. The Hall–Kier alpha value is -0.870. The second kappa shape index (κ2) is 5.85. The molecule has 0 aliphatic carbocycles. The lowest BCUT2D eigenvalue weighted by molar-refractivity contribution is 0.0847. The molecular formula is C14H25N3O. The van der Waals surface area contributed by atoms with Gasteiger partial charge in [-0.3, -0.25) is 4.90 Å². The first-order valence-electron chi connectivity index (χ1n) is 7.08. The van der Waals surface area contributed by atoms with Crippen molar-refractivity contribution in [3.8, 4) is 0 Å².